The van der Waals surface area contributed by atoms with E-state index in [0.717, 1.165) is 38.9 Å². The second kappa shape index (κ2) is 12.7. The molecule has 0 aliphatic carbocycles. The molecule has 0 amide bonds. The van der Waals surface area contributed by atoms with Crippen molar-refractivity contribution in [2.75, 3.05) is 26.3 Å². The number of hydrogen-bond donors (Lipinski definition) is 0. The van der Waals surface area contributed by atoms with Gasteiger partial charge in [0, 0.05) is 0 Å². The number of rotatable bonds is 7. The van der Waals surface area contributed by atoms with E-state index < -0.39 is 0 Å². The van der Waals surface area contributed by atoms with E-state index in [-0.39, 0.29) is 0 Å². The van der Waals surface area contributed by atoms with Crippen molar-refractivity contribution < 1.29 is 14.3 Å². The van der Waals surface area contributed by atoms with E-state index in [0.29, 0.717) is 13.1 Å². The summed E-state index contributed by atoms with van der Waals surface area (Å²) < 4.78 is 4.50. The van der Waals surface area contributed by atoms with Crippen LogP contribution in [0.1, 0.15) is 25.7 Å². The van der Waals surface area contributed by atoms with Crippen LogP contribution in [0.5, 0.6) is 0 Å². The number of ether oxygens (including phenoxy) is 1. The molecule has 1 aliphatic heterocycles. The molecule has 0 unspecified atom stereocenters. The van der Waals surface area contributed by atoms with Crippen LogP contribution in [0.15, 0.2) is 9.98 Å². The van der Waals surface area contributed by atoms with Gasteiger partial charge in [0.1, 0.15) is 0 Å². The van der Waals surface area contributed by atoms with Gasteiger partial charge in [-0.2, -0.15) is 0 Å². The first-order valence-corrected chi connectivity index (χ1v) is 5.07. The van der Waals surface area contributed by atoms with E-state index in [1.165, 1.54) is 12.2 Å². The maximum Gasteiger partial charge on any atom is 0.234 e. The Kier molecular flexibility index (Phi) is 11.6. The zero-order valence-corrected chi connectivity index (χ0v) is 8.78. The minimum atomic E-state index is 0.556. The molecule has 1 heterocycles. The third-order valence-corrected chi connectivity index (χ3v) is 1.62. The van der Waals surface area contributed by atoms with Crippen molar-refractivity contribution >= 4 is 12.2 Å². The number of epoxide rings is 1. The van der Waals surface area contributed by atoms with Crippen molar-refractivity contribution in [2.24, 2.45) is 9.98 Å². The molecule has 0 aromatic rings. The molecule has 0 spiro atoms. The molecule has 5 nitrogen and oxygen atoms in total. The Balaban J connectivity index is 0.000000548. The third-order valence-electron chi connectivity index (χ3n) is 1.62. The lowest BCUT2D eigenvalue weighted by atomic mass is 10.2. The number of nitrogens with zero attached hydrogens (tertiary/aromatic N) is 2. The number of unbranched alkanes of at least 4 members (excludes halogenated alkanes) is 3. The minimum absolute atomic E-state index is 0.556. The van der Waals surface area contributed by atoms with Crippen LogP contribution in [0.2, 0.25) is 0 Å². The molecule has 0 saturated carbocycles. The third kappa shape index (κ3) is 19.2. The van der Waals surface area contributed by atoms with Crippen LogP contribution in [0.4, 0.5) is 0 Å². The van der Waals surface area contributed by atoms with Gasteiger partial charge in [-0.3, -0.25) is 0 Å². The quantitative estimate of drug-likeness (QED) is 0.276. The average molecular weight is 212 g/mol. The number of hydrogen-bond acceptors (Lipinski definition) is 5. The van der Waals surface area contributed by atoms with Gasteiger partial charge >= 0.3 is 0 Å². The van der Waals surface area contributed by atoms with Crippen LogP contribution < -0.4 is 0 Å². The first-order chi connectivity index (χ1) is 7.41. The zero-order valence-electron chi connectivity index (χ0n) is 8.78. The van der Waals surface area contributed by atoms with Gasteiger partial charge in [-0.1, -0.05) is 12.8 Å². The van der Waals surface area contributed by atoms with Gasteiger partial charge in [-0.25, -0.2) is 19.6 Å². The summed E-state index contributed by atoms with van der Waals surface area (Å²) in [6.45, 7) is 3.11. The predicted molar refractivity (Wildman–Crippen MR) is 55.3 cm³/mol. The minimum Gasteiger partial charge on any atom is -0.377 e. The SMILES string of the molecule is C1CO1.O=C=NCCCCCCN=C=O. The lowest BCUT2D eigenvalue weighted by Crippen LogP contribution is -1.84. The second-order valence-electron chi connectivity index (χ2n) is 2.97. The van der Waals surface area contributed by atoms with Gasteiger partial charge < -0.3 is 4.74 Å². The van der Waals surface area contributed by atoms with Gasteiger partial charge in [0.15, 0.2) is 0 Å². The Morgan fingerprint density at radius 3 is 1.53 bits per heavy atom. The summed E-state index contributed by atoms with van der Waals surface area (Å²) in [7, 11) is 0. The lowest BCUT2D eigenvalue weighted by Gasteiger charge is -1.93. The second-order valence-corrected chi connectivity index (χ2v) is 2.97. The van der Waals surface area contributed by atoms with Gasteiger partial charge in [-0.15, -0.1) is 0 Å². The van der Waals surface area contributed by atoms with E-state index in [1.807, 2.05) is 0 Å². The molecule has 0 aromatic carbocycles. The molecule has 0 N–H and O–H groups in total. The van der Waals surface area contributed by atoms with Crippen molar-refractivity contribution in [3.63, 3.8) is 0 Å². The van der Waals surface area contributed by atoms with Crippen LogP contribution in [0.25, 0.3) is 0 Å². The van der Waals surface area contributed by atoms with Crippen molar-refractivity contribution in [3.8, 4) is 0 Å². The van der Waals surface area contributed by atoms with Crippen LogP contribution >= 0.6 is 0 Å². The monoisotopic (exact) mass is 212 g/mol. The summed E-state index contributed by atoms with van der Waals surface area (Å²) in [6, 6.07) is 0. The van der Waals surface area contributed by atoms with Crippen LogP contribution in [-0.4, -0.2) is 38.5 Å². The van der Waals surface area contributed by atoms with Crippen LogP contribution in [0, 0.1) is 0 Å². The summed E-state index contributed by atoms with van der Waals surface area (Å²) in [5.74, 6) is 0. The first kappa shape index (κ1) is 13.7. The molecule has 0 aromatic heterocycles. The standard InChI is InChI=1S/C8H12N2O2.C2H4O/c11-7-9-5-3-1-2-4-6-10-8-12;1-2-3-1/h1-6H2;1-2H2. The average Bonchev–Trinajstić information content (AvgIpc) is 3.09. The fraction of sp³-hybridized carbons (Fsp3) is 0.800. The van der Waals surface area contributed by atoms with E-state index in [1.54, 1.807) is 0 Å². The fourth-order valence-electron chi connectivity index (χ4n) is 0.827. The summed E-state index contributed by atoms with van der Waals surface area (Å²) in [5.41, 5.74) is 0. The van der Waals surface area contributed by atoms with Crippen LogP contribution in [0.3, 0.4) is 0 Å². The fourth-order valence-corrected chi connectivity index (χ4v) is 0.827. The molecule has 1 aliphatic rings. The maximum atomic E-state index is 9.63. The molecule has 0 atom stereocenters. The molecule has 15 heavy (non-hydrogen) atoms. The van der Waals surface area contributed by atoms with E-state index in [9.17, 15) is 9.59 Å². The topological polar surface area (TPSA) is 71.4 Å². The van der Waals surface area contributed by atoms with E-state index >= 15 is 0 Å². The molecular formula is C10H16N2O3. The predicted octanol–water partition coefficient (Wildman–Crippen LogP) is 1.24. The van der Waals surface area contributed by atoms with Gasteiger partial charge in [0.05, 0.1) is 26.3 Å². The van der Waals surface area contributed by atoms with Crippen molar-refractivity contribution in [2.45, 2.75) is 25.7 Å². The van der Waals surface area contributed by atoms with Gasteiger partial charge in [0.2, 0.25) is 12.2 Å². The van der Waals surface area contributed by atoms with Gasteiger partial charge in [0.25, 0.3) is 0 Å². The number of isocyanates is 2. The summed E-state index contributed by atoms with van der Waals surface area (Å²) >= 11 is 0. The highest BCUT2D eigenvalue weighted by atomic mass is 16.6. The first-order valence-electron chi connectivity index (χ1n) is 5.07. The smallest absolute Gasteiger partial charge is 0.234 e. The number of aliphatic imine (C=N–C) groups is 2. The van der Waals surface area contributed by atoms with Gasteiger partial charge in [-0.05, 0) is 12.8 Å². The summed E-state index contributed by atoms with van der Waals surface area (Å²) in [5, 5.41) is 0. The normalized spacial score (nSPS) is 11.5. The van der Waals surface area contributed by atoms with Crippen LogP contribution in [-0.2, 0) is 14.3 Å². The van der Waals surface area contributed by atoms with E-state index in [2.05, 4.69) is 14.7 Å². The lowest BCUT2D eigenvalue weighted by molar-refractivity contribution is 0.475. The highest BCUT2D eigenvalue weighted by molar-refractivity contribution is 5.32. The maximum absolute atomic E-state index is 9.63. The highest BCUT2D eigenvalue weighted by Gasteiger charge is 1.94. The van der Waals surface area contributed by atoms with E-state index in [4.69, 9.17) is 0 Å². The Hall–Kier alpha value is -1.28. The van der Waals surface area contributed by atoms with Crippen molar-refractivity contribution in [1.29, 1.82) is 0 Å². The summed E-state index contributed by atoms with van der Waals surface area (Å²) in [4.78, 5) is 26.1. The Bertz CT molecular complexity index is 204. The molecule has 0 radical (unpaired) electrons. The zero-order chi connectivity index (χ0) is 11.2. The molecular weight excluding hydrogens is 196 g/mol. The highest BCUT2D eigenvalue weighted by Crippen LogP contribution is 1.99. The summed E-state index contributed by atoms with van der Waals surface area (Å²) in [6.07, 6.45) is 6.80. The Morgan fingerprint density at radius 1 is 0.867 bits per heavy atom. The Labute approximate surface area is 89.3 Å². The molecule has 1 saturated heterocycles. The molecule has 5 heteroatoms. The largest absolute Gasteiger partial charge is 0.377 e. The molecule has 1 fully saturated rings. The number of carbonyl (C=O) groups excluding carboxylic acids is 2. The molecule has 1 rings (SSSR count). The van der Waals surface area contributed by atoms with Crippen molar-refractivity contribution in [3.05, 3.63) is 0 Å². The molecule has 0 bridgehead atoms. The Morgan fingerprint density at radius 2 is 1.27 bits per heavy atom. The van der Waals surface area contributed by atoms with Crippen molar-refractivity contribution in [1.82, 2.24) is 0 Å². The molecule has 84 valence electrons.